The Balaban J connectivity index is 2.99. The van der Waals surface area contributed by atoms with Gasteiger partial charge in [0, 0.05) is 16.6 Å². The number of aryl methyl sites for hydroxylation is 1. The zero-order valence-corrected chi connectivity index (χ0v) is 9.25. The molecule has 2 nitrogen and oxygen atoms in total. The van der Waals surface area contributed by atoms with Crippen LogP contribution in [0.4, 0.5) is 0 Å². The summed E-state index contributed by atoms with van der Waals surface area (Å²) in [5, 5.41) is 10.5. The summed E-state index contributed by atoms with van der Waals surface area (Å²) in [5.41, 5.74) is 7.56. The fraction of sp³-hybridized carbons (Fsp3) is 0.455. The van der Waals surface area contributed by atoms with Crippen LogP contribution in [0.5, 0.6) is 0 Å². The zero-order chi connectivity index (χ0) is 10.7. The van der Waals surface area contributed by atoms with Gasteiger partial charge in [0.2, 0.25) is 0 Å². The largest absolute Gasteiger partial charge is 0.387 e. The predicted molar refractivity (Wildman–Crippen MR) is 59.4 cm³/mol. The molecule has 3 N–H and O–H groups in total. The average Bonchev–Trinajstić information content (AvgIpc) is 2.19. The van der Waals surface area contributed by atoms with Gasteiger partial charge in [-0.25, -0.2) is 0 Å². The smallest absolute Gasteiger partial charge is 0.0955 e. The highest BCUT2D eigenvalue weighted by Gasteiger charge is 2.17. The van der Waals surface area contributed by atoms with E-state index in [0.29, 0.717) is 5.02 Å². The van der Waals surface area contributed by atoms with Gasteiger partial charge < -0.3 is 10.8 Å². The average molecular weight is 214 g/mol. The van der Waals surface area contributed by atoms with E-state index < -0.39 is 6.10 Å². The van der Waals surface area contributed by atoms with Gasteiger partial charge in [-0.15, -0.1) is 0 Å². The molecule has 0 aliphatic heterocycles. The van der Waals surface area contributed by atoms with E-state index in [2.05, 4.69) is 0 Å². The molecule has 0 bridgehead atoms. The molecule has 0 aliphatic rings. The number of hydrogen-bond donors (Lipinski definition) is 2. The van der Waals surface area contributed by atoms with Crippen LogP contribution < -0.4 is 5.73 Å². The third kappa shape index (κ3) is 2.47. The minimum absolute atomic E-state index is 0.255. The van der Waals surface area contributed by atoms with Gasteiger partial charge >= 0.3 is 0 Å². The van der Waals surface area contributed by atoms with Crippen molar-refractivity contribution < 1.29 is 5.11 Å². The van der Waals surface area contributed by atoms with Crippen LogP contribution in [0.25, 0.3) is 0 Å². The molecule has 14 heavy (non-hydrogen) atoms. The molecule has 0 saturated heterocycles. The highest BCUT2D eigenvalue weighted by Crippen LogP contribution is 2.26. The molecule has 3 heteroatoms. The molecule has 0 spiro atoms. The van der Waals surface area contributed by atoms with Gasteiger partial charge in [-0.1, -0.05) is 36.2 Å². The summed E-state index contributed by atoms with van der Waals surface area (Å²) < 4.78 is 0. The second-order valence-electron chi connectivity index (χ2n) is 3.54. The Bertz CT molecular complexity index is 314. The van der Waals surface area contributed by atoms with Gasteiger partial charge in [0.15, 0.2) is 0 Å². The van der Waals surface area contributed by atoms with Crippen molar-refractivity contribution in [1.82, 2.24) is 0 Å². The van der Waals surface area contributed by atoms with Crippen LogP contribution in [0.15, 0.2) is 18.2 Å². The molecule has 0 fully saturated rings. The molecule has 1 rings (SSSR count). The van der Waals surface area contributed by atoms with Crippen LogP contribution in [0.2, 0.25) is 5.02 Å². The zero-order valence-electron chi connectivity index (χ0n) is 8.50. The van der Waals surface area contributed by atoms with Gasteiger partial charge in [-0.2, -0.15) is 0 Å². The Hall–Kier alpha value is -0.570. The molecular weight excluding hydrogens is 198 g/mol. The molecule has 0 amide bonds. The third-order valence-corrected chi connectivity index (χ3v) is 2.69. The summed E-state index contributed by atoms with van der Waals surface area (Å²) in [7, 11) is 0. The second kappa shape index (κ2) is 4.78. The summed E-state index contributed by atoms with van der Waals surface area (Å²) in [5.74, 6) is 0. The standard InChI is InChI=1S/C11H16ClNO/c1-3-10(13)11(14)8-6-7(2)4-5-9(8)12/h4-6,10-11,14H,3,13H2,1-2H3/t10-,11-/m1/s1. The third-order valence-electron chi connectivity index (χ3n) is 2.35. The van der Waals surface area contributed by atoms with Crippen molar-refractivity contribution in [2.75, 3.05) is 0 Å². The van der Waals surface area contributed by atoms with Crippen molar-refractivity contribution in [1.29, 1.82) is 0 Å². The van der Waals surface area contributed by atoms with E-state index in [4.69, 9.17) is 17.3 Å². The first kappa shape index (κ1) is 11.5. The Morgan fingerprint density at radius 3 is 2.71 bits per heavy atom. The molecule has 2 atom stereocenters. The second-order valence-corrected chi connectivity index (χ2v) is 3.95. The lowest BCUT2D eigenvalue weighted by atomic mass is 9.99. The first-order valence-corrected chi connectivity index (χ1v) is 5.13. The summed E-state index contributed by atoms with van der Waals surface area (Å²) in [4.78, 5) is 0. The normalized spacial score (nSPS) is 15.2. The minimum atomic E-state index is -0.674. The molecule has 0 radical (unpaired) electrons. The van der Waals surface area contributed by atoms with Crippen molar-refractivity contribution in [3.8, 4) is 0 Å². The number of benzene rings is 1. The minimum Gasteiger partial charge on any atom is -0.387 e. The lowest BCUT2D eigenvalue weighted by Crippen LogP contribution is -2.27. The summed E-state index contributed by atoms with van der Waals surface area (Å²) >= 11 is 5.98. The van der Waals surface area contributed by atoms with Crippen LogP contribution >= 0.6 is 11.6 Å². The number of aliphatic hydroxyl groups is 1. The summed E-state index contributed by atoms with van der Waals surface area (Å²) in [6, 6.07) is 5.32. The van der Waals surface area contributed by atoms with E-state index >= 15 is 0 Å². The molecule has 0 aliphatic carbocycles. The quantitative estimate of drug-likeness (QED) is 0.810. The number of halogens is 1. The van der Waals surface area contributed by atoms with Crippen LogP contribution in [0.1, 0.15) is 30.6 Å². The lowest BCUT2D eigenvalue weighted by molar-refractivity contribution is 0.144. The van der Waals surface area contributed by atoms with E-state index in [1.807, 2.05) is 26.0 Å². The molecule has 0 heterocycles. The molecule has 1 aromatic rings. The van der Waals surface area contributed by atoms with Crippen LogP contribution in [0.3, 0.4) is 0 Å². The van der Waals surface area contributed by atoms with Crippen molar-refractivity contribution in [2.24, 2.45) is 5.73 Å². The summed E-state index contributed by atoms with van der Waals surface area (Å²) in [6.07, 6.45) is 0.0539. The molecule has 78 valence electrons. The van der Waals surface area contributed by atoms with E-state index in [1.54, 1.807) is 6.07 Å². The first-order chi connectivity index (χ1) is 6.56. The molecule has 0 saturated carbocycles. The molecule has 0 aromatic heterocycles. The highest BCUT2D eigenvalue weighted by atomic mass is 35.5. The summed E-state index contributed by atoms with van der Waals surface area (Å²) in [6.45, 7) is 3.90. The maximum Gasteiger partial charge on any atom is 0.0955 e. The fourth-order valence-electron chi connectivity index (χ4n) is 1.34. The monoisotopic (exact) mass is 213 g/mol. The van der Waals surface area contributed by atoms with Crippen molar-refractivity contribution in [3.63, 3.8) is 0 Å². The number of nitrogens with two attached hydrogens (primary N) is 1. The predicted octanol–water partition coefficient (Wildman–Crippen LogP) is 2.42. The van der Waals surface area contributed by atoms with Crippen LogP contribution in [-0.4, -0.2) is 11.1 Å². The van der Waals surface area contributed by atoms with Crippen LogP contribution in [-0.2, 0) is 0 Å². The lowest BCUT2D eigenvalue weighted by Gasteiger charge is -2.19. The topological polar surface area (TPSA) is 46.2 Å². The van der Waals surface area contributed by atoms with Gasteiger partial charge in [0.05, 0.1) is 6.10 Å². The maximum absolute atomic E-state index is 9.88. The molecule has 1 aromatic carbocycles. The van der Waals surface area contributed by atoms with Crippen molar-refractivity contribution >= 4 is 11.6 Å². The Kier molecular flexibility index (Phi) is 3.93. The van der Waals surface area contributed by atoms with E-state index in [9.17, 15) is 5.11 Å². The van der Waals surface area contributed by atoms with Gasteiger partial charge in [-0.05, 0) is 19.4 Å². The van der Waals surface area contributed by atoms with Gasteiger partial charge in [0.1, 0.15) is 0 Å². The molecular formula is C11H16ClNO. The van der Waals surface area contributed by atoms with E-state index in [1.165, 1.54) is 0 Å². The Labute approximate surface area is 89.7 Å². The van der Waals surface area contributed by atoms with Crippen molar-refractivity contribution in [3.05, 3.63) is 34.3 Å². The SMILES string of the molecule is CC[C@@H](N)[C@H](O)c1cc(C)ccc1Cl. The van der Waals surface area contributed by atoms with Gasteiger partial charge in [0.25, 0.3) is 0 Å². The van der Waals surface area contributed by atoms with Crippen molar-refractivity contribution in [2.45, 2.75) is 32.4 Å². The number of aliphatic hydroxyl groups excluding tert-OH is 1. The van der Waals surface area contributed by atoms with E-state index in [0.717, 1.165) is 17.5 Å². The Morgan fingerprint density at radius 2 is 2.14 bits per heavy atom. The highest BCUT2D eigenvalue weighted by molar-refractivity contribution is 6.31. The number of rotatable bonds is 3. The van der Waals surface area contributed by atoms with Crippen LogP contribution in [0, 0.1) is 6.92 Å². The van der Waals surface area contributed by atoms with E-state index in [-0.39, 0.29) is 6.04 Å². The fourth-order valence-corrected chi connectivity index (χ4v) is 1.57. The first-order valence-electron chi connectivity index (χ1n) is 4.76. The molecule has 0 unspecified atom stereocenters. The maximum atomic E-state index is 9.88. The number of hydrogen-bond acceptors (Lipinski definition) is 2. The Morgan fingerprint density at radius 1 is 1.50 bits per heavy atom. The van der Waals surface area contributed by atoms with Gasteiger partial charge in [-0.3, -0.25) is 0 Å².